The topological polar surface area (TPSA) is 81.1 Å². The van der Waals surface area contributed by atoms with Crippen LogP contribution in [-0.2, 0) is 22.6 Å². The molecule has 0 radical (unpaired) electrons. The highest BCUT2D eigenvalue weighted by atomic mass is 32.2. The zero-order valence-corrected chi connectivity index (χ0v) is 19.2. The molecule has 1 heterocycles. The normalized spacial score (nSPS) is 11.3. The van der Waals surface area contributed by atoms with E-state index in [2.05, 4.69) is 10.3 Å². The van der Waals surface area contributed by atoms with E-state index in [-0.39, 0.29) is 16.2 Å². The number of carbonyl (C=O) groups excluding carboxylic acids is 1. The van der Waals surface area contributed by atoms with Crippen molar-refractivity contribution in [3.05, 3.63) is 102 Å². The van der Waals surface area contributed by atoms with Crippen LogP contribution < -0.4 is 5.32 Å². The number of aromatic nitrogens is 2. The lowest BCUT2D eigenvalue weighted by Gasteiger charge is -2.12. The minimum absolute atomic E-state index is 0.218. The first-order valence-corrected chi connectivity index (χ1v) is 12.4. The molecule has 4 aromatic rings. The maximum absolute atomic E-state index is 13.9. The predicted molar refractivity (Wildman–Crippen MR) is 125 cm³/mol. The van der Waals surface area contributed by atoms with Gasteiger partial charge in [0.05, 0.1) is 16.3 Å². The van der Waals surface area contributed by atoms with Gasteiger partial charge in [0, 0.05) is 29.9 Å². The molecule has 0 aliphatic carbocycles. The second-order valence-electron chi connectivity index (χ2n) is 7.29. The molecule has 168 valence electrons. The first-order chi connectivity index (χ1) is 15.8. The Morgan fingerprint density at radius 2 is 1.85 bits per heavy atom. The Labute approximate surface area is 195 Å². The van der Waals surface area contributed by atoms with Gasteiger partial charge in [-0.15, -0.1) is 0 Å². The van der Waals surface area contributed by atoms with E-state index >= 15 is 0 Å². The van der Waals surface area contributed by atoms with Gasteiger partial charge in [0.25, 0.3) is 5.91 Å². The highest BCUT2D eigenvalue weighted by molar-refractivity contribution is 7.99. The maximum atomic E-state index is 13.9. The van der Waals surface area contributed by atoms with Crippen LogP contribution in [0.2, 0.25) is 0 Å². The molecule has 0 saturated heterocycles. The Morgan fingerprint density at radius 3 is 2.58 bits per heavy atom. The van der Waals surface area contributed by atoms with Crippen LogP contribution in [0, 0.1) is 5.82 Å². The van der Waals surface area contributed by atoms with Crippen molar-refractivity contribution >= 4 is 33.2 Å². The van der Waals surface area contributed by atoms with Gasteiger partial charge in [-0.25, -0.2) is 17.8 Å². The second-order valence-corrected chi connectivity index (χ2v) is 10.3. The fourth-order valence-electron chi connectivity index (χ4n) is 3.16. The van der Waals surface area contributed by atoms with Crippen LogP contribution in [0.15, 0.2) is 100 Å². The molecule has 1 N–H and O–H groups in total. The van der Waals surface area contributed by atoms with Crippen molar-refractivity contribution in [2.45, 2.75) is 20.7 Å². The molecule has 9 heteroatoms. The summed E-state index contributed by atoms with van der Waals surface area (Å²) in [5, 5.41) is 3.42. The zero-order chi connectivity index (χ0) is 23.4. The summed E-state index contributed by atoms with van der Waals surface area (Å²) in [5.41, 5.74) is 1.05. The van der Waals surface area contributed by atoms with Crippen LogP contribution in [0.4, 0.5) is 10.1 Å². The number of carbonyl (C=O) groups is 1. The highest BCUT2D eigenvalue weighted by Crippen LogP contribution is 2.33. The van der Waals surface area contributed by atoms with Gasteiger partial charge in [-0.1, -0.05) is 30.3 Å². The van der Waals surface area contributed by atoms with E-state index in [0.717, 1.165) is 0 Å². The van der Waals surface area contributed by atoms with E-state index in [1.807, 2.05) is 11.6 Å². The summed E-state index contributed by atoms with van der Waals surface area (Å²) in [6.07, 6.45) is 3.44. The van der Waals surface area contributed by atoms with Crippen molar-refractivity contribution in [3.63, 3.8) is 0 Å². The van der Waals surface area contributed by atoms with Crippen LogP contribution in [0.3, 0.4) is 0 Å². The number of rotatable bonds is 7. The summed E-state index contributed by atoms with van der Waals surface area (Å²) < 4.78 is 41.1. The van der Waals surface area contributed by atoms with Crippen molar-refractivity contribution in [2.75, 3.05) is 5.32 Å². The molecule has 0 saturated carbocycles. The minimum Gasteiger partial charge on any atom is -0.329 e. The maximum Gasteiger partial charge on any atom is 0.255 e. The summed E-state index contributed by atoms with van der Waals surface area (Å²) in [6, 6.07) is 18.7. The number of halogens is 1. The number of hydrogen-bond acceptors (Lipinski definition) is 5. The molecule has 3 aromatic carbocycles. The van der Waals surface area contributed by atoms with E-state index in [1.54, 1.807) is 54.9 Å². The number of aryl methyl sites for hydroxylation is 1. The molecule has 0 bridgehead atoms. The van der Waals surface area contributed by atoms with Gasteiger partial charge >= 0.3 is 0 Å². The predicted octanol–water partition coefficient (Wildman–Crippen LogP) is 4.94. The van der Waals surface area contributed by atoms with Crippen LogP contribution in [-0.4, -0.2) is 23.9 Å². The third kappa shape index (κ3) is 5.50. The molecule has 0 atom stereocenters. The van der Waals surface area contributed by atoms with Gasteiger partial charge in [-0.3, -0.25) is 4.79 Å². The Kier molecular flexibility index (Phi) is 6.62. The molecule has 0 aliphatic rings. The molecule has 0 aliphatic heterocycles. The highest BCUT2D eigenvalue weighted by Gasteiger charge is 2.17. The van der Waals surface area contributed by atoms with Crippen molar-refractivity contribution in [1.29, 1.82) is 0 Å². The number of nitrogens with one attached hydrogen (secondary N) is 1. The van der Waals surface area contributed by atoms with Crippen LogP contribution in [0.25, 0.3) is 0 Å². The summed E-state index contributed by atoms with van der Waals surface area (Å²) in [5.74, 6) is -1.20. The number of amides is 1. The molecule has 0 fully saturated rings. The smallest absolute Gasteiger partial charge is 0.255 e. The lowest BCUT2D eigenvalue weighted by molar-refractivity contribution is 0.102. The van der Waals surface area contributed by atoms with E-state index in [4.69, 9.17) is 0 Å². The number of hydrogen-bond donors (Lipinski definition) is 1. The van der Waals surface area contributed by atoms with Gasteiger partial charge in [0.2, 0.25) is 0 Å². The van der Waals surface area contributed by atoms with Crippen molar-refractivity contribution in [3.8, 4) is 0 Å². The van der Waals surface area contributed by atoms with E-state index in [0.29, 0.717) is 21.3 Å². The monoisotopic (exact) mass is 481 g/mol. The number of nitrogens with zero attached hydrogens (tertiary/aromatic N) is 2. The van der Waals surface area contributed by atoms with Crippen LogP contribution in [0.5, 0.6) is 0 Å². The molecule has 1 aromatic heterocycles. The first kappa shape index (κ1) is 22.8. The average Bonchev–Trinajstić information content (AvgIpc) is 3.20. The van der Waals surface area contributed by atoms with Gasteiger partial charge in [0.15, 0.2) is 15.0 Å². The number of anilines is 1. The Hall–Kier alpha value is -3.43. The lowest BCUT2D eigenvalue weighted by Crippen LogP contribution is -2.13. The largest absolute Gasteiger partial charge is 0.329 e. The summed E-state index contributed by atoms with van der Waals surface area (Å²) >= 11 is 1.29. The summed E-state index contributed by atoms with van der Waals surface area (Å²) in [7, 11) is -1.71. The standard InChI is InChI=1S/C24H20FN3O3S2/c1-28-13-12-26-24(28)32-22-11-10-19(25)15-21(22)27-23(29)18-7-5-6-17(14-18)16-33(30,31)20-8-3-2-4-9-20/h2-15H,16H2,1H3,(H,27,29). The Balaban J connectivity index is 1.55. The second kappa shape index (κ2) is 9.60. The third-order valence-electron chi connectivity index (χ3n) is 4.82. The molecule has 33 heavy (non-hydrogen) atoms. The molecular weight excluding hydrogens is 461 g/mol. The van der Waals surface area contributed by atoms with Gasteiger partial charge in [-0.05, 0) is 59.8 Å². The third-order valence-corrected chi connectivity index (χ3v) is 7.67. The molecule has 0 unspecified atom stereocenters. The van der Waals surface area contributed by atoms with Gasteiger partial charge in [-0.2, -0.15) is 0 Å². The molecule has 1 amide bonds. The van der Waals surface area contributed by atoms with Gasteiger partial charge < -0.3 is 9.88 Å². The fourth-order valence-corrected chi connectivity index (χ4v) is 5.39. The number of benzene rings is 3. The lowest BCUT2D eigenvalue weighted by atomic mass is 10.1. The van der Waals surface area contributed by atoms with Crippen LogP contribution >= 0.6 is 11.8 Å². The Bertz CT molecular complexity index is 1400. The molecular formula is C24H20FN3O3S2. The zero-order valence-electron chi connectivity index (χ0n) is 17.6. The first-order valence-electron chi connectivity index (χ1n) is 9.95. The minimum atomic E-state index is -3.55. The van der Waals surface area contributed by atoms with E-state index in [9.17, 15) is 17.6 Å². The quantitative estimate of drug-likeness (QED) is 0.405. The van der Waals surface area contributed by atoms with Gasteiger partial charge in [0.1, 0.15) is 5.82 Å². The SMILES string of the molecule is Cn1ccnc1Sc1ccc(F)cc1NC(=O)c1cccc(CS(=O)(=O)c2ccccc2)c1. The summed E-state index contributed by atoms with van der Waals surface area (Å²) in [6.45, 7) is 0. The van der Waals surface area contributed by atoms with E-state index in [1.165, 1.54) is 42.1 Å². The molecule has 6 nitrogen and oxygen atoms in total. The van der Waals surface area contributed by atoms with Crippen molar-refractivity contribution in [2.24, 2.45) is 7.05 Å². The number of imidazole rings is 1. The van der Waals surface area contributed by atoms with Crippen LogP contribution in [0.1, 0.15) is 15.9 Å². The average molecular weight is 482 g/mol. The number of sulfone groups is 1. The van der Waals surface area contributed by atoms with Crippen molar-refractivity contribution < 1.29 is 17.6 Å². The Morgan fingerprint density at radius 1 is 1.06 bits per heavy atom. The fraction of sp³-hybridized carbons (Fsp3) is 0.0833. The molecule has 0 spiro atoms. The summed E-state index contributed by atoms with van der Waals surface area (Å²) in [4.78, 5) is 18.0. The molecule has 4 rings (SSSR count). The van der Waals surface area contributed by atoms with E-state index < -0.39 is 21.6 Å². The van der Waals surface area contributed by atoms with Crippen molar-refractivity contribution in [1.82, 2.24) is 9.55 Å².